The minimum Gasteiger partial charge on any atom is -0.493 e. The zero-order chi connectivity index (χ0) is 16.5. The second kappa shape index (κ2) is 9.09. The summed E-state index contributed by atoms with van der Waals surface area (Å²) in [6.45, 7) is 9.70. The molecule has 1 aromatic rings. The van der Waals surface area contributed by atoms with E-state index in [1.165, 1.54) is 0 Å². The van der Waals surface area contributed by atoms with Gasteiger partial charge in [0.25, 0.3) is 0 Å². The summed E-state index contributed by atoms with van der Waals surface area (Å²) in [4.78, 5) is 13.9. The Morgan fingerprint density at radius 1 is 1.27 bits per heavy atom. The fourth-order valence-electron chi connectivity index (χ4n) is 2.37. The van der Waals surface area contributed by atoms with Crippen LogP contribution in [0.5, 0.6) is 5.75 Å². The van der Waals surface area contributed by atoms with Gasteiger partial charge in [0.05, 0.1) is 12.7 Å². The summed E-state index contributed by atoms with van der Waals surface area (Å²) < 4.78 is 5.81. The van der Waals surface area contributed by atoms with Gasteiger partial charge in [-0.2, -0.15) is 5.26 Å². The Morgan fingerprint density at radius 2 is 1.91 bits per heavy atom. The van der Waals surface area contributed by atoms with Crippen LogP contribution in [0.3, 0.4) is 0 Å². The summed E-state index contributed by atoms with van der Waals surface area (Å²) in [5.41, 5.74) is 1.14. The zero-order valence-corrected chi connectivity index (χ0v) is 14.0. The normalized spacial score (nSPS) is 11.8. The first-order chi connectivity index (χ1) is 10.5. The first-order valence-electron chi connectivity index (χ1n) is 7.95. The lowest BCUT2D eigenvalue weighted by Gasteiger charge is -2.21. The zero-order valence-electron chi connectivity index (χ0n) is 14.0. The Bertz CT molecular complexity index is 516. The molecule has 1 amide bonds. The first-order valence-corrected chi connectivity index (χ1v) is 7.95. The van der Waals surface area contributed by atoms with Crippen LogP contribution in [0.15, 0.2) is 24.3 Å². The van der Waals surface area contributed by atoms with Crippen LogP contribution in [0.25, 0.3) is 0 Å². The monoisotopic (exact) mass is 302 g/mol. The molecule has 0 fully saturated rings. The smallest absolute Gasteiger partial charge is 0.240 e. The molecule has 120 valence electrons. The molecule has 4 nitrogen and oxygen atoms in total. The Kier molecular flexibility index (Phi) is 7.45. The fraction of sp³-hybridized carbons (Fsp3) is 0.556. The maximum absolute atomic E-state index is 12.2. The van der Waals surface area contributed by atoms with Crippen molar-refractivity contribution in [1.82, 2.24) is 4.90 Å². The standard InChI is InChI=1S/C18H26N2O2/c1-5-20(6-2)18(21)15(13-19)11-12-22-17-10-8-7-9-16(17)14(3)4/h7-10,14-15H,5-6,11-12H2,1-4H3. The molecule has 22 heavy (non-hydrogen) atoms. The molecule has 1 rings (SSSR count). The number of hydrogen-bond acceptors (Lipinski definition) is 3. The maximum Gasteiger partial charge on any atom is 0.240 e. The van der Waals surface area contributed by atoms with E-state index in [9.17, 15) is 10.1 Å². The minimum atomic E-state index is -0.633. The molecule has 0 aliphatic rings. The Morgan fingerprint density at radius 3 is 2.45 bits per heavy atom. The van der Waals surface area contributed by atoms with Gasteiger partial charge in [-0.1, -0.05) is 32.0 Å². The molecule has 1 aromatic carbocycles. The second-order valence-corrected chi connectivity index (χ2v) is 5.52. The van der Waals surface area contributed by atoms with Crippen molar-refractivity contribution in [2.45, 2.75) is 40.0 Å². The van der Waals surface area contributed by atoms with Crippen molar-refractivity contribution in [3.8, 4) is 11.8 Å². The lowest BCUT2D eigenvalue weighted by Crippen LogP contribution is -2.36. The molecular formula is C18H26N2O2. The maximum atomic E-state index is 12.2. The fourth-order valence-corrected chi connectivity index (χ4v) is 2.37. The largest absolute Gasteiger partial charge is 0.493 e. The number of nitriles is 1. The number of amides is 1. The van der Waals surface area contributed by atoms with Gasteiger partial charge in [0.1, 0.15) is 11.7 Å². The first kappa shape index (κ1) is 18.0. The number of rotatable bonds is 8. The molecule has 0 heterocycles. The summed E-state index contributed by atoms with van der Waals surface area (Å²) in [6.07, 6.45) is 0.415. The van der Waals surface area contributed by atoms with E-state index in [0.29, 0.717) is 32.0 Å². The van der Waals surface area contributed by atoms with E-state index in [0.717, 1.165) is 11.3 Å². The van der Waals surface area contributed by atoms with Crippen molar-refractivity contribution in [3.05, 3.63) is 29.8 Å². The number of carbonyl (C=O) groups is 1. The molecule has 1 unspecified atom stereocenters. The topological polar surface area (TPSA) is 53.3 Å². The predicted octanol–water partition coefficient (Wildman–Crippen LogP) is 3.59. The van der Waals surface area contributed by atoms with Gasteiger partial charge in [0.15, 0.2) is 0 Å². The highest BCUT2D eigenvalue weighted by Crippen LogP contribution is 2.26. The third-order valence-electron chi connectivity index (χ3n) is 3.73. The lowest BCUT2D eigenvalue weighted by atomic mass is 10.0. The SMILES string of the molecule is CCN(CC)C(=O)C(C#N)CCOc1ccccc1C(C)C. The highest BCUT2D eigenvalue weighted by Gasteiger charge is 2.22. The molecule has 0 bridgehead atoms. The third-order valence-corrected chi connectivity index (χ3v) is 3.73. The molecule has 4 heteroatoms. The van der Waals surface area contributed by atoms with E-state index in [1.54, 1.807) is 4.90 Å². The summed E-state index contributed by atoms with van der Waals surface area (Å²) >= 11 is 0. The molecule has 0 N–H and O–H groups in total. The second-order valence-electron chi connectivity index (χ2n) is 5.52. The van der Waals surface area contributed by atoms with Crippen molar-refractivity contribution in [2.75, 3.05) is 19.7 Å². The van der Waals surface area contributed by atoms with Gasteiger partial charge in [-0.3, -0.25) is 4.79 Å². The van der Waals surface area contributed by atoms with Gasteiger partial charge in [-0.25, -0.2) is 0 Å². The van der Waals surface area contributed by atoms with Crippen molar-refractivity contribution < 1.29 is 9.53 Å². The number of ether oxygens (including phenoxy) is 1. The molecule has 0 saturated heterocycles. The quantitative estimate of drug-likeness (QED) is 0.737. The van der Waals surface area contributed by atoms with Gasteiger partial charge in [-0.15, -0.1) is 0 Å². The summed E-state index contributed by atoms with van der Waals surface area (Å²) in [5, 5.41) is 9.22. The van der Waals surface area contributed by atoms with Crippen LogP contribution in [0.1, 0.15) is 45.6 Å². The average molecular weight is 302 g/mol. The van der Waals surface area contributed by atoms with E-state index < -0.39 is 5.92 Å². The number of para-hydroxylation sites is 1. The van der Waals surface area contributed by atoms with E-state index in [1.807, 2.05) is 38.1 Å². The number of nitrogens with zero attached hydrogens (tertiary/aromatic N) is 2. The van der Waals surface area contributed by atoms with Gasteiger partial charge < -0.3 is 9.64 Å². The van der Waals surface area contributed by atoms with Crippen molar-refractivity contribution in [2.24, 2.45) is 5.92 Å². The molecule has 1 atom stereocenters. The van der Waals surface area contributed by atoms with Crippen LogP contribution >= 0.6 is 0 Å². The van der Waals surface area contributed by atoms with Gasteiger partial charge in [0.2, 0.25) is 5.91 Å². The molecule has 0 radical (unpaired) electrons. The minimum absolute atomic E-state index is 0.103. The van der Waals surface area contributed by atoms with Crippen LogP contribution in [-0.2, 0) is 4.79 Å². The van der Waals surface area contributed by atoms with Gasteiger partial charge >= 0.3 is 0 Å². The lowest BCUT2D eigenvalue weighted by molar-refractivity contribution is -0.133. The van der Waals surface area contributed by atoms with Gasteiger partial charge in [-0.05, 0) is 31.4 Å². The van der Waals surface area contributed by atoms with Crippen LogP contribution in [-0.4, -0.2) is 30.5 Å². The Hall–Kier alpha value is -2.02. The van der Waals surface area contributed by atoms with Crippen LogP contribution in [0.4, 0.5) is 0 Å². The summed E-state index contributed by atoms with van der Waals surface area (Å²) in [7, 11) is 0. The van der Waals surface area contributed by atoms with Crippen molar-refractivity contribution in [3.63, 3.8) is 0 Å². The Labute approximate surface area is 133 Å². The van der Waals surface area contributed by atoms with E-state index >= 15 is 0 Å². The number of carbonyl (C=O) groups excluding carboxylic acids is 1. The van der Waals surface area contributed by atoms with Crippen LogP contribution in [0, 0.1) is 17.2 Å². The summed E-state index contributed by atoms with van der Waals surface area (Å²) in [6, 6.07) is 10.0. The van der Waals surface area contributed by atoms with Crippen LogP contribution in [0.2, 0.25) is 0 Å². The number of hydrogen-bond donors (Lipinski definition) is 0. The Balaban J connectivity index is 2.62. The van der Waals surface area contributed by atoms with Crippen molar-refractivity contribution >= 4 is 5.91 Å². The molecular weight excluding hydrogens is 276 g/mol. The molecule has 0 spiro atoms. The van der Waals surface area contributed by atoms with Crippen LogP contribution < -0.4 is 4.74 Å². The number of benzene rings is 1. The average Bonchev–Trinajstić information content (AvgIpc) is 2.52. The molecule has 0 saturated carbocycles. The van der Waals surface area contributed by atoms with E-state index in [-0.39, 0.29) is 5.91 Å². The predicted molar refractivity (Wildman–Crippen MR) is 87.7 cm³/mol. The molecule has 0 aromatic heterocycles. The van der Waals surface area contributed by atoms with E-state index in [4.69, 9.17) is 4.74 Å². The highest BCUT2D eigenvalue weighted by atomic mass is 16.5. The molecule has 0 aliphatic heterocycles. The third kappa shape index (κ3) is 4.77. The highest BCUT2D eigenvalue weighted by molar-refractivity contribution is 5.81. The van der Waals surface area contributed by atoms with E-state index in [2.05, 4.69) is 19.9 Å². The van der Waals surface area contributed by atoms with Crippen molar-refractivity contribution in [1.29, 1.82) is 5.26 Å². The summed E-state index contributed by atoms with van der Waals surface area (Å²) in [5.74, 6) is 0.476. The molecule has 0 aliphatic carbocycles. The van der Waals surface area contributed by atoms with Gasteiger partial charge in [0, 0.05) is 19.5 Å².